The molecule has 0 amide bonds. The SMILES string of the molecule is C=C1CC[C@@H]2[C@](C)(CO)[C@H](O)CC[C@@]2(C)[C@@H]1/C=C/C1=C[C@@H]([C@H](C[C@@H]2C(=C)CC[C@@H]3[C@](C)(CO)[C@H](O)CC[C@]32C)C2=CCOC2=O)OC1=O. The van der Waals surface area contributed by atoms with Crippen LogP contribution in [-0.4, -0.2) is 70.5 Å². The van der Waals surface area contributed by atoms with Gasteiger partial charge in [0, 0.05) is 28.2 Å². The Morgan fingerprint density at radius 1 is 0.875 bits per heavy atom. The van der Waals surface area contributed by atoms with Crippen LogP contribution in [0.5, 0.6) is 0 Å². The minimum atomic E-state index is -0.662. The second kappa shape index (κ2) is 12.7. The molecule has 8 nitrogen and oxygen atoms in total. The fourth-order valence-corrected chi connectivity index (χ4v) is 11.5. The van der Waals surface area contributed by atoms with Gasteiger partial charge in [0.05, 0.1) is 31.0 Å². The van der Waals surface area contributed by atoms with Gasteiger partial charge >= 0.3 is 11.9 Å². The number of allylic oxidation sites excluding steroid dienone is 3. The first-order valence-corrected chi connectivity index (χ1v) is 18.1. The molecule has 4 aliphatic carbocycles. The molecule has 12 atom stereocenters. The summed E-state index contributed by atoms with van der Waals surface area (Å²) < 4.78 is 11.4. The van der Waals surface area contributed by atoms with Crippen molar-refractivity contribution >= 4 is 11.9 Å². The van der Waals surface area contributed by atoms with Crippen molar-refractivity contribution < 1.29 is 39.5 Å². The first kappa shape index (κ1) is 35.3. The summed E-state index contributed by atoms with van der Waals surface area (Å²) >= 11 is 0. The van der Waals surface area contributed by atoms with E-state index in [0.29, 0.717) is 30.4 Å². The fraction of sp³-hybridized carbons (Fsp3) is 0.700. The lowest BCUT2D eigenvalue weighted by molar-refractivity contribution is -0.156. The molecule has 0 spiro atoms. The van der Waals surface area contributed by atoms with Crippen LogP contribution in [0.3, 0.4) is 0 Å². The molecule has 6 aliphatic rings. The Labute approximate surface area is 285 Å². The number of carbonyl (C=O) groups excluding carboxylic acids is 2. The number of carbonyl (C=O) groups is 2. The van der Waals surface area contributed by atoms with E-state index in [2.05, 4.69) is 33.1 Å². The number of cyclic esters (lactones) is 2. The van der Waals surface area contributed by atoms with Gasteiger partial charge in [-0.25, -0.2) is 9.59 Å². The molecule has 0 radical (unpaired) electrons. The normalized spacial score (nSPS) is 45.3. The fourth-order valence-electron chi connectivity index (χ4n) is 11.5. The van der Waals surface area contributed by atoms with Gasteiger partial charge in [-0.1, -0.05) is 64.2 Å². The average molecular weight is 665 g/mol. The highest BCUT2D eigenvalue weighted by atomic mass is 16.6. The smallest absolute Gasteiger partial charge is 0.338 e. The van der Waals surface area contributed by atoms with Crippen LogP contribution in [-0.2, 0) is 19.1 Å². The summed E-state index contributed by atoms with van der Waals surface area (Å²) in [5, 5.41) is 42.7. The topological polar surface area (TPSA) is 134 Å². The Kier molecular flexibility index (Phi) is 9.32. The third kappa shape index (κ3) is 5.41. The van der Waals surface area contributed by atoms with Gasteiger partial charge in [-0.2, -0.15) is 0 Å². The Bertz CT molecular complexity index is 1440. The lowest BCUT2D eigenvalue weighted by Crippen LogP contribution is -2.57. The lowest BCUT2D eigenvalue weighted by atomic mass is 9.45. The molecule has 0 aromatic rings. The first-order chi connectivity index (χ1) is 22.6. The molecule has 0 aromatic carbocycles. The van der Waals surface area contributed by atoms with Gasteiger partial charge in [0.1, 0.15) is 12.7 Å². The van der Waals surface area contributed by atoms with Gasteiger partial charge in [-0.15, -0.1) is 0 Å². The summed E-state index contributed by atoms with van der Waals surface area (Å²) in [6, 6.07) is 0. The minimum Gasteiger partial charge on any atom is -0.458 e. The number of aliphatic hydroxyl groups is 4. The third-order valence-corrected chi connectivity index (χ3v) is 14.6. The predicted octanol–water partition coefficient (Wildman–Crippen LogP) is 5.37. The molecule has 8 heteroatoms. The number of aliphatic hydroxyl groups excluding tert-OH is 4. The Morgan fingerprint density at radius 3 is 2.04 bits per heavy atom. The molecule has 0 bridgehead atoms. The number of esters is 2. The molecule has 0 unspecified atom stereocenters. The van der Waals surface area contributed by atoms with Gasteiger partial charge in [0.15, 0.2) is 0 Å². The molecular formula is C40H56O8. The summed E-state index contributed by atoms with van der Waals surface area (Å²) in [5.74, 6) is -1.13. The van der Waals surface area contributed by atoms with Gasteiger partial charge in [0.25, 0.3) is 0 Å². The first-order valence-electron chi connectivity index (χ1n) is 18.1. The third-order valence-electron chi connectivity index (χ3n) is 14.6. The van der Waals surface area contributed by atoms with E-state index < -0.39 is 41.0 Å². The number of rotatable bonds is 8. The van der Waals surface area contributed by atoms with Crippen molar-refractivity contribution in [2.24, 2.45) is 51.2 Å². The van der Waals surface area contributed by atoms with E-state index in [-0.39, 0.29) is 60.3 Å². The van der Waals surface area contributed by atoms with Gasteiger partial charge in [-0.3, -0.25) is 0 Å². The quantitative estimate of drug-likeness (QED) is 0.201. The van der Waals surface area contributed by atoms with Crippen LogP contribution < -0.4 is 0 Å². The number of hydrogen-bond acceptors (Lipinski definition) is 8. The van der Waals surface area contributed by atoms with Crippen molar-refractivity contribution in [2.45, 2.75) is 104 Å². The number of hydrogen-bond donors (Lipinski definition) is 4. The molecule has 0 saturated heterocycles. The molecule has 4 N–H and O–H groups in total. The second-order valence-electron chi connectivity index (χ2n) is 16.9. The Balaban J connectivity index is 1.30. The van der Waals surface area contributed by atoms with Crippen molar-refractivity contribution in [1.82, 2.24) is 0 Å². The van der Waals surface area contributed by atoms with Crippen molar-refractivity contribution in [1.29, 1.82) is 0 Å². The van der Waals surface area contributed by atoms with Crippen LogP contribution in [0.2, 0.25) is 0 Å². The van der Waals surface area contributed by atoms with Gasteiger partial charge in [-0.05, 0) is 98.5 Å². The highest BCUT2D eigenvalue weighted by Crippen LogP contribution is 2.63. The molecule has 2 aliphatic heterocycles. The van der Waals surface area contributed by atoms with Crippen molar-refractivity contribution in [2.75, 3.05) is 19.8 Å². The van der Waals surface area contributed by atoms with E-state index in [4.69, 9.17) is 9.47 Å². The van der Waals surface area contributed by atoms with Crippen molar-refractivity contribution in [3.8, 4) is 0 Å². The minimum absolute atomic E-state index is 0.00875. The molecule has 2 heterocycles. The van der Waals surface area contributed by atoms with E-state index in [0.717, 1.165) is 49.7 Å². The summed E-state index contributed by atoms with van der Waals surface area (Å²) in [5.41, 5.74) is 1.44. The lowest BCUT2D eigenvalue weighted by Gasteiger charge is -2.60. The zero-order chi connectivity index (χ0) is 34.8. The highest BCUT2D eigenvalue weighted by molar-refractivity contribution is 5.95. The van der Waals surface area contributed by atoms with Gasteiger partial charge in [0.2, 0.25) is 0 Å². The van der Waals surface area contributed by atoms with Crippen LogP contribution in [0.4, 0.5) is 0 Å². The van der Waals surface area contributed by atoms with Crippen molar-refractivity contribution in [3.05, 3.63) is 59.8 Å². The number of fused-ring (bicyclic) bond motifs is 2. The zero-order valence-corrected chi connectivity index (χ0v) is 29.2. The molecule has 4 fully saturated rings. The monoisotopic (exact) mass is 664 g/mol. The Morgan fingerprint density at radius 2 is 1.46 bits per heavy atom. The Hall–Kier alpha value is -2.52. The van der Waals surface area contributed by atoms with E-state index in [1.807, 2.05) is 26.0 Å². The van der Waals surface area contributed by atoms with Gasteiger partial charge < -0.3 is 29.9 Å². The maximum absolute atomic E-state index is 13.5. The van der Waals surface area contributed by atoms with E-state index in [1.54, 1.807) is 6.08 Å². The second-order valence-corrected chi connectivity index (χ2v) is 16.9. The summed E-state index contributed by atoms with van der Waals surface area (Å²) in [7, 11) is 0. The predicted molar refractivity (Wildman–Crippen MR) is 182 cm³/mol. The van der Waals surface area contributed by atoms with Crippen LogP contribution in [0.15, 0.2) is 59.8 Å². The zero-order valence-electron chi connectivity index (χ0n) is 29.2. The largest absolute Gasteiger partial charge is 0.458 e. The maximum Gasteiger partial charge on any atom is 0.338 e. The molecule has 6 rings (SSSR count). The summed E-state index contributed by atoms with van der Waals surface area (Å²) in [4.78, 5) is 26.5. The molecule has 0 aromatic heterocycles. The van der Waals surface area contributed by atoms with E-state index >= 15 is 0 Å². The average Bonchev–Trinajstić information content (AvgIpc) is 3.65. The van der Waals surface area contributed by atoms with Crippen LogP contribution in [0.25, 0.3) is 0 Å². The molecular weight excluding hydrogens is 608 g/mol. The molecule has 48 heavy (non-hydrogen) atoms. The van der Waals surface area contributed by atoms with Crippen LogP contribution in [0, 0.1) is 51.2 Å². The van der Waals surface area contributed by atoms with E-state index in [9.17, 15) is 30.0 Å². The van der Waals surface area contributed by atoms with Crippen LogP contribution in [0.1, 0.15) is 85.5 Å². The van der Waals surface area contributed by atoms with Crippen LogP contribution >= 0.6 is 0 Å². The standard InChI is InChI=1S/C40H56O8/c1-23-7-11-31-37(3,16-13-33(43)39(31,5)21-41)28(23)10-9-25-19-30(48-35(25)45)27(26-15-18-47-36(26)46)20-29-24(2)8-12-32-38(29,4)17-14-34(44)40(32,6)22-42/h9-10,15,19,27-34,41-44H,1-2,7-8,11-14,16-18,20-22H2,3-6H3/b10-9+/t27-,28-,29-,30+,31+,32+,33-,34-,37+,38+,39+,40+/m1/s1. The number of ether oxygens (including phenoxy) is 2. The highest BCUT2D eigenvalue weighted by Gasteiger charge is 2.59. The maximum atomic E-state index is 13.5. The summed E-state index contributed by atoms with van der Waals surface area (Å²) in [6.45, 7) is 17.4. The molecule has 4 saturated carbocycles. The van der Waals surface area contributed by atoms with Crippen molar-refractivity contribution in [3.63, 3.8) is 0 Å². The van der Waals surface area contributed by atoms with E-state index in [1.165, 1.54) is 0 Å². The summed E-state index contributed by atoms with van der Waals surface area (Å²) in [6.07, 6.45) is 12.3. The molecule has 264 valence electrons.